The topological polar surface area (TPSA) is 82.3 Å². The molecule has 3 N–H and O–H groups in total. The van der Waals surface area contributed by atoms with Crippen molar-refractivity contribution in [2.24, 2.45) is 0 Å². The third kappa shape index (κ3) is 3.72. The van der Waals surface area contributed by atoms with Gasteiger partial charge in [-0.15, -0.1) is 0 Å². The number of methoxy groups -OCH3 is 1. The molecule has 1 aliphatic carbocycles. The van der Waals surface area contributed by atoms with E-state index in [2.05, 4.69) is 36.1 Å². The first-order valence-electron chi connectivity index (χ1n) is 6.98. The summed E-state index contributed by atoms with van der Waals surface area (Å²) in [5.41, 5.74) is 6.41. The van der Waals surface area contributed by atoms with Gasteiger partial charge in [0.1, 0.15) is 18.1 Å². The molecule has 0 spiro atoms. The SMILES string of the molecule is COCCOc1nc(C(C)(C)C)nc(NC2CC2)c1N. The van der Waals surface area contributed by atoms with Crippen LogP contribution in [0, 0.1) is 0 Å². The summed E-state index contributed by atoms with van der Waals surface area (Å²) in [4.78, 5) is 9.00. The molecule has 0 amide bonds. The van der Waals surface area contributed by atoms with Crippen LogP contribution in [-0.4, -0.2) is 36.3 Å². The molecule has 20 heavy (non-hydrogen) atoms. The molecule has 2 rings (SSSR count). The fourth-order valence-corrected chi connectivity index (χ4v) is 1.65. The molecular formula is C14H24N4O2. The average molecular weight is 280 g/mol. The predicted molar refractivity (Wildman–Crippen MR) is 79.2 cm³/mol. The molecule has 1 heterocycles. The molecule has 0 atom stereocenters. The minimum absolute atomic E-state index is 0.160. The van der Waals surface area contributed by atoms with Crippen LogP contribution in [0.3, 0.4) is 0 Å². The minimum Gasteiger partial charge on any atom is -0.474 e. The lowest BCUT2D eigenvalue weighted by Crippen LogP contribution is -2.20. The summed E-state index contributed by atoms with van der Waals surface area (Å²) in [6, 6.07) is 0.479. The third-order valence-electron chi connectivity index (χ3n) is 3.03. The smallest absolute Gasteiger partial charge is 0.242 e. The van der Waals surface area contributed by atoms with E-state index in [0.29, 0.717) is 36.6 Å². The fraction of sp³-hybridized carbons (Fsp3) is 0.714. The van der Waals surface area contributed by atoms with Crippen molar-refractivity contribution in [3.05, 3.63) is 5.82 Å². The first-order valence-corrected chi connectivity index (χ1v) is 6.98. The molecule has 1 aliphatic rings. The van der Waals surface area contributed by atoms with Gasteiger partial charge in [-0.05, 0) is 12.8 Å². The molecule has 1 saturated carbocycles. The van der Waals surface area contributed by atoms with Gasteiger partial charge in [0, 0.05) is 18.6 Å². The lowest BCUT2D eigenvalue weighted by Gasteiger charge is -2.20. The van der Waals surface area contributed by atoms with Crippen molar-refractivity contribution in [2.75, 3.05) is 31.4 Å². The zero-order valence-electron chi connectivity index (χ0n) is 12.7. The van der Waals surface area contributed by atoms with E-state index in [-0.39, 0.29) is 5.41 Å². The Bertz CT molecular complexity index is 467. The molecule has 0 unspecified atom stereocenters. The number of aromatic nitrogens is 2. The maximum atomic E-state index is 6.10. The molecule has 0 radical (unpaired) electrons. The zero-order chi connectivity index (χ0) is 14.8. The second kappa shape index (κ2) is 5.83. The highest BCUT2D eigenvalue weighted by Gasteiger charge is 2.26. The van der Waals surface area contributed by atoms with Gasteiger partial charge in [-0.1, -0.05) is 20.8 Å². The van der Waals surface area contributed by atoms with Crippen molar-refractivity contribution in [3.8, 4) is 5.88 Å². The van der Waals surface area contributed by atoms with Gasteiger partial charge in [-0.25, -0.2) is 4.98 Å². The summed E-state index contributed by atoms with van der Waals surface area (Å²) in [7, 11) is 1.63. The highest BCUT2D eigenvalue weighted by Crippen LogP contribution is 2.33. The number of nitrogens with two attached hydrogens (primary N) is 1. The standard InChI is InChI=1S/C14H24N4O2/c1-14(2,3)13-17-11(16-9-5-6-9)10(15)12(18-13)20-8-7-19-4/h9H,5-8,15H2,1-4H3,(H,16,17,18). The predicted octanol–water partition coefficient (Wildman–Crippen LogP) is 1.96. The number of nitrogens with one attached hydrogen (secondary N) is 1. The number of hydrogen-bond acceptors (Lipinski definition) is 6. The molecule has 1 aromatic heterocycles. The maximum Gasteiger partial charge on any atom is 0.242 e. The normalized spacial score (nSPS) is 15.2. The van der Waals surface area contributed by atoms with Gasteiger partial charge >= 0.3 is 0 Å². The molecule has 0 aliphatic heterocycles. The molecular weight excluding hydrogens is 256 g/mol. The Morgan fingerprint density at radius 1 is 1.25 bits per heavy atom. The van der Waals surface area contributed by atoms with Crippen LogP contribution in [0.5, 0.6) is 5.88 Å². The fourth-order valence-electron chi connectivity index (χ4n) is 1.65. The van der Waals surface area contributed by atoms with Crippen LogP contribution in [0.1, 0.15) is 39.4 Å². The number of anilines is 2. The van der Waals surface area contributed by atoms with Crippen LogP contribution in [0.15, 0.2) is 0 Å². The molecule has 1 aromatic rings. The average Bonchev–Trinajstić information content (AvgIpc) is 3.16. The van der Waals surface area contributed by atoms with Gasteiger partial charge < -0.3 is 20.5 Å². The molecule has 0 aromatic carbocycles. The number of nitrogens with zero attached hydrogens (tertiary/aromatic N) is 2. The van der Waals surface area contributed by atoms with Crippen molar-refractivity contribution >= 4 is 11.5 Å². The lowest BCUT2D eigenvalue weighted by atomic mass is 9.96. The van der Waals surface area contributed by atoms with Crippen LogP contribution in [0.4, 0.5) is 11.5 Å². The Morgan fingerprint density at radius 3 is 2.50 bits per heavy atom. The first kappa shape index (κ1) is 14.8. The Hall–Kier alpha value is -1.56. The van der Waals surface area contributed by atoms with Crippen molar-refractivity contribution in [3.63, 3.8) is 0 Å². The molecule has 6 nitrogen and oxygen atoms in total. The van der Waals surface area contributed by atoms with Crippen LogP contribution >= 0.6 is 0 Å². The van der Waals surface area contributed by atoms with E-state index in [1.807, 2.05) is 0 Å². The number of rotatable bonds is 6. The summed E-state index contributed by atoms with van der Waals surface area (Å²) >= 11 is 0. The third-order valence-corrected chi connectivity index (χ3v) is 3.03. The second-order valence-electron chi connectivity index (χ2n) is 6.12. The number of ether oxygens (including phenoxy) is 2. The van der Waals surface area contributed by atoms with E-state index < -0.39 is 0 Å². The summed E-state index contributed by atoms with van der Waals surface area (Å²) in [6.07, 6.45) is 2.32. The largest absolute Gasteiger partial charge is 0.474 e. The van der Waals surface area contributed by atoms with E-state index in [9.17, 15) is 0 Å². The Labute approximate surface area is 120 Å². The summed E-state index contributed by atoms with van der Waals surface area (Å²) in [5, 5.41) is 3.34. The van der Waals surface area contributed by atoms with Crippen LogP contribution in [0.2, 0.25) is 0 Å². The zero-order valence-corrected chi connectivity index (χ0v) is 12.7. The van der Waals surface area contributed by atoms with E-state index in [0.717, 1.165) is 18.7 Å². The van der Waals surface area contributed by atoms with E-state index >= 15 is 0 Å². The van der Waals surface area contributed by atoms with E-state index in [1.165, 1.54) is 0 Å². The minimum atomic E-state index is -0.160. The molecule has 112 valence electrons. The summed E-state index contributed by atoms with van der Waals surface area (Å²) in [6.45, 7) is 7.12. The molecule has 0 bridgehead atoms. The van der Waals surface area contributed by atoms with Crippen LogP contribution in [-0.2, 0) is 10.2 Å². The monoisotopic (exact) mass is 280 g/mol. The lowest BCUT2D eigenvalue weighted by molar-refractivity contribution is 0.144. The maximum absolute atomic E-state index is 6.10. The van der Waals surface area contributed by atoms with Gasteiger partial charge in [0.25, 0.3) is 0 Å². The van der Waals surface area contributed by atoms with Gasteiger partial charge in [0.15, 0.2) is 5.82 Å². The quantitative estimate of drug-likeness (QED) is 0.775. The molecule has 6 heteroatoms. The van der Waals surface area contributed by atoms with E-state index in [4.69, 9.17) is 15.2 Å². The van der Waals surface area contributed by atoms with E-state index in [1.54, 1.807) is 7.11 Å². The van der Waals surface area contributed by atoms with Crippen LogP contribution in [0.25, 0.3) is 0 Å². The van der Waals surface area contributed by atoms with Crippen LogP contribution < -0.4 is 15.8 Å². The number of nitrogen functional groups attached to an aromatic ring is 1. The Kier molecular flexibility index (Phi) is 4.32. The first-order chi connectivity index (χ1) is 9.41. The Balaban J connectivity index is 2.27. The summed E-state index contributed by atoms with van der Waals surface area (Å²) < 4.78 is 10.6. The summed E-state index contributed by atoms with van der Waals surface area (Å²) in [5.74, 6) is 1.84. The second-order valence-corrected chi connectivity index (χ2v) is 6.12. The number of hydrogen-bond donors (Lipinski definition) is 2. The Morgan fingerprint density at radius 2 is 1.95 bits per heavy atom. The van der Waals surface area contributed by atoms with Crippen molar-refractivity contribution in [1.82, 2.24) is 9.97 Å². The van der Waals surface area contributed by atoms with Gasteiger partial charge in [0.05, 0.1) is 6.61 Å². The molecule has 1 fully saturated rings. The van der Waals surface area contributed by atoms with Gasteiger partial charge in [0.2, 0.25) is 5.88 Å². The molecule has 0 saturated heterocycles. The van der Waals surface area contributed by atoms with Crippen molar-refractivity contribution in [1.29, 1.82) is 0 Å². The van der Waals surface area contributed by atoms with Gasteiger partial charge in [-0.3, -0.25) is 0 Å². The van der Waals surface area contributed by atoms with Crippen molar-refractivity contribution < 1.29 is 9.47 Å². The van der Waals surface area contributed by atoms with Gasteiger partial charge in [-0.2, -0.15) is 4.98 Å². The highest BCUT2D eigenvalue weighted by molar-refractivity contribution is 5.67. The van der Waals surface area contributed by atoms with Crippen molar-refractivity contribution in [2.45, 2.75) is 45.1 Å². The highest BCUT2D eigenvalue weighted by atomic mass is 16.5.